The Bertz CT molecular complexity index is 731. The zero-order valence-electron chi connectivity index (χ0n) is 20.2. The molecule has 0 heterocycles. The molecule has 0 radical (unpaired) electrons. The number of ketones is 1. The van der Waals surface area contributed by atoms with Gasteiger partial charge in [0, 0.05) is 19.4 Å². The van der Waals surface area contributed by atoms with Crippen molar-refractivity contribution in [3.63, 3.8) is 0 Å². The third-order valence-corrected chi connectivity index (χ3v) is 4.35. The fourth-order valence-electron chi connectivity index (χ4n) is 2.57. The SMILES string of the molecule is CC(=O)CC[C@H](NC(=O)CC[C@H](NC(=O)COCCOCCNC(=O)COCCO)C(=O)O)C(=O)O. The van der Waals surface area contributed by atoms with E-state index in [1.807, 2.05) is 0 Å². The maximum atomic E-state index is 12.0. The Kier molecular flexibility index (Phi) is 18.3. The highest BCUT2D eigenvalue weighted by atomic mass is 16.5. The normalized spacial score (nSPS) is 12.3. The number of carbonyl (C=O) groups is 6. The second-order valence-electron chi connectivity index (χ2n) is 7.49. The first-order valence-electron chi connectivity index (χ1n) is 11.2. The number of aliphatic hydroxyl groups excluding tert-OH is 1. The van der Waals surface area contributed by atoms with Crippen LogP contribution in [0.3, 0.4) is 0 Å². The molecule has 3 amide bonds. The molecule has 0 fully saturated rings. The number of aliphatic hydroxyl groups is 1. The molecule has 6 N–H and O–H groups in total. The molecule has 0 rings (SSSR count). The van der Waals surface area contributed by atoms with E-state index in [0.717, 1.165) is 0 Å². The third-order valence-electron chi connectivity index (χ3n) is 4.35. The molecule has 0 aliphatic rings. The van der Waals surface area contributed by atoms with Crippen LogP contribution in [0.15, 0.2) is 0 Å². The van der Waals surface area contributed by atoms with E-state index >= 15 is 0 Å². The number of hydrogen-bond donors (Lipinski definition) is 6. The molecule has 0 unspecified atom stereocenters. The number of carbonyl (C=O) groups excluding carboxylic acids is 4. The third kappa shape index (κ3) is 18.2. The lowest BCUT2D eigenvalue weighted by molar-refractivity contribution is -0.144. The van der Waals surface area contributed by atoms with Gasteiger partial charge in [-0.2, -0.15) is 0 Å². The topological polar surface area (TPSA) is 227 Å². The number of amides is 3. The highest BCUT2D eigenvalue weighted by molar-refractivity contribution is 5.86. The summed E-state index contributed by atoms with van der Waals surface area (Å²) < 4.78 is 15.1. The van der Waals surface area contributed by atoms with Crippen molar-refractivity contribution >= 4 is 35.4 Å². The van der Waals surface area contributed by atoms with E-state index in [9.17, 15) is 33.9 Å². The Morgan fingerprint density at radius 1 is 0.694 bits per heavy atom. The minimum Gasteiger partial charge on any atom is -0.480 e. The number of ether oxygens (including phenoxy) is 3. The van der Waals surface area contributed by atoms with Crippen LogP contribution in [-0.4, -0.2) is 116 Å². The van der Waals surface area contributed by atoms with Crippen LogP contribution in [0, 0.1) is 0 Å². The fraction of sp³-hybridized carbons (Fsp3) is 0.714. The molecule has 0 saturated heterocycles. The number of aliphatic carboxylic acids is 2. The molecule has 0 bridgehead atoms. The van der Waals surface area contributed by atoms with Crippen LogP contribution >= 0.6 is 0 Å². The largest absolute Gasteiger partial charge is 0.480 e. The molecular formula is C21H35N3O12. The van der Waals surface area contributed by atoms with Gasteiger partial charge in [0.1, 0.15) is 31.1 Å². The van der Waals surface area contributed by atoms with Crippen molar-refractivity contribution in [1.82, 2.24) is 16.0 Å². The lowest BCUT2D eigenvalue weighted by Gasteiger charge is -2.16. The van der Waals surface area contributed by atoms with Gasteiger partial charge in [-0.3, -0.25) is 14.4 Å². The molecule has 15 nitrogen and oxygen atoms in total. The Morgan fingerprint density at radius 2 is 1.22 bits per heavy atom. The number of rotatable bonds is 22. The smallest absolute Gasteiger partial charge is 0.326 e. The van der Waals surface area contributed by atoms with Crippen molar-refractivity contribution in [2.24, 2.45) is 0 Å². The molecule has 0 aromatic carbocycles. The van der Waals surface area contributed by atoms with Crippen molar-refractivity contribution in [2.75, 3.05) is 52.8 Å². The summed E-state index contributed by atoms with van der Waals surface area (Å²) in [5.74, 6) is -4.75. The van der Waals surface area contributed by atoms with Crippen LogP contribution in [-0.2, 0) is 43.0 Å². The summed E-state index contributed by atoms with van der Waals surface area (Å²) >= 11 is 0. The van der Waals surface area contributed by atoms with Gasteiger partial charge in [-0.15, -0.1) is 0 Å². The predicted octanol–water partition coefficient (Wildman–Crippen LogP) is -2.57. The number of nitrogens with one attached hydrogen (secondary N) is 3. The minimum atomic E-state index is -1.39. The summed E-state index contributed by atoms with van der Waals surface area (Å²) in [4.78, 5) is 68.8. The van der Waals surface area contributed by atoms with E-state index in [1.165, 1.54) is 6.92 Å². The Morgan fingerprint density at radius 3 is 1.81 bits per heavy atom. The number of Topliss-reactive ketones (excluding diaryl/α,β-unsaturated/α-hetero) is 1. The van der Waals surface area contributed by atoms with Crippen LogP contribution in [0.2, 0.25) is 0 Å². The molecule has 15 heteroatoms. The first-order chi connectivity index (χ1) is 17.1. The van der Waals surface area contributed by atoms with E-state index < -0.39 is 42.4 Å². The van der Waals surface area contributed by atoms with Gasteiger partial charge < -0.3 is 50.3 Å². The molecule has 0 saturated carbocycles. The van der Waals surface area contributed by atoms with Crippen LogP contribution < -0.4 is 16.0 Å². The second kappa shape index (κ2) is 20.1. The summed E-state index contributed by atoms with van der Waals surface area (Å²) in [7, 11) is 0. The molecule has 2 atom stereocenters. The van der Waals surface area contributed by atoms with Gasteiger partial charge in [-0.25, -0.2) is 9.59 Å². The Labute approximate surface area is 207 Å². The lowest BCUT2D eigenvalue weighted by Crippen LogP contribution is -2.45. The van der Waals surface area contributed by atoms with E-state index in [2.05, 4.69) is 16.0 Å². The van der Waals surface area contributed by atoms with Crippen molar-refractivity contribution in [2.45, 2.75) is 44.7 Å². The minimum absolute atomic E-state index is 0.0258. The van der Waals surface area contributed by atoms with Gasteiger partial charge in [0.05, 0.1) is 33.0 Å². The molecule has 0 aromatic rings. The van der Waals surface area contributed by atoms with Crippen LogP contribution in [0.1, 0.15) is 32.6 Å². The molecule has 0 aromatic heterocycles. The first-order valence-corrected chi connectivity index (χ1v) is 11.2. The summed E-state index contributed by atoms with van der Waals surface area (Å²) in [6, 6.07) is -2.68. The van der Waals surface area contributed by atoms with Crippen LogP contribution in [0.4, 0.5) is 0 Å². The van der Waals surface area contributed by atoms with Crippen molar-refractivity contribution in [3.05, 3.63) is 0 Å². The van der Waals surface area contributed by atoms with E-state index in [4.69, 9.17) is 24.4 Å². The van der Waals surface area contributed by atoms with Gasteiger partial charge in [-0.1, -0.05) is 0 Å². The highest BCUT2D eigenvalue weighted by Crippen LogP contribution is 2.03. The standard InChI is InChI=1S/C21H35N3O12/c1-14(26)2-3-15(20(30)31)23-17(27)5-4-16(21(32)33)24-19(29)13-36-11-10-34-8-6-22-18(28)12-35-9-7-25/h15-16,25H,2-13H2,1H3,(H,22,28)(H,23,27)(H,24,29)(H,30,31)(H,32,33)/t15-,16-/m0/s1. The van der Waals surface area contributed by atoms with Crippen LogP contribution in [0.5, 0.6) is 0 Å². The summed E-state index contributed by atoms with van der Waals surface area (Å²) in [5, 5.41) is 33.9. The van der Waals surface area contributed by atoms with Gasteiger partial charge in [0.25, 0.3) is 0 Å². The van der Waals surface area contributed by atoms with Gasteiger partial charge in [0.2, 0.25) is 17.7 Å². The van der Waals surface area contributed by atoms with Gasteiger partial charge in [-0.05, 0) is 19.8 Å². The summed E-state index contributed by atoms with van der Waals surface area (Å²) in [6.07, 6.45) is -0.772. The fourth-order valence-corrected chi connectivity index (χ4v) is 2.57. The first kappa shape index (κ1) is 32.9. The number of carboxylic acid groups (broad SMARTS) is 2. The summed E-state index contributed by atoms with van der Waals surface area (Å²) in [6.45, 7) is 1.09. The van der Waals surface area contributed by atoms with Crippen molar-refractivity contribution < 1.29 is 58.3 Å². The monoisotopic (exact) mass is 521 g/mol. The zero-order valence-corrected chi connectivity index (χ0v) is 20.2. The Hall–Kier alpha value is -3.14. The second-order valence-corrected chi connectivity index (χ2v) is 7.49. The van der Waals surface area contributed by atoms with Crippen molar-refractivity contribution in [1.29, 1.82) is 0 Å². The summed E-state index contributed by atoms with van der Waals surface area (Å²) in [5.41, 5.74) is 0. The van der Waals surface area contributed by atoms with Crippen molar-refractivity contribution in [3.8, 4) is 0 Å². The molecule has 206 valence electrons. The maximum absolute atomic E-state index is 12.0. The molecule has 36 heavy (non-hydrogen) atoms. The zero-order chi connectivity index (χ0) is 27.3. The van der Waals surface area contributed by atoms with E-state index in [1.54, 1.807) is 0 Å². The van der Waals surface area contributed by atoms with E-state index in [0.29, 0.717) is 0 Å². The number of hydrogen-bond acceptors (Lipinski definition) is 10. The average Bonchev–Trinajstić information content (AvgIpc) is 2.80. The molecule has 0 aliphatic carbocycles. The maximum Gasteiger partial charge on any atom is 0.326 e. The molecule has 0 aliphatic heterocycles. The van der Waals surface area contributed by atoms with Crippen LogP contribution in [0.25, 0.3) is 0 Å². The van der Waals surface area contributed by atoms with E-state index in [-0.39, 0.29) is 83.6 Å². The number of carboxylic acids is 2. The van der Waals surface area contributed by atoms with Gasteiger partial charge >= 0.3 is 11.9 Å². The molecular weight excluding hydrogens is 486 g/mol. The quantitative estimate of drug-likeness (QED) is 0.0808. The Balaban J connectivity index is 4.11. The highest BCUT2D eigenvalue weighted by Gasteiger charge is 2.24. The predicted molar refractivity (Wildman–Crippen MR) is 121 cm³/mol. The van der Waals surface area contributed by atoms with Gasteiger partial charge in [0.15, 0.2) is 0 Å². The lowest BCUT2D eigenvalue weighted by atomic mass is 10.1. The molecule has 0 spiro atoms. The average molecular weight is 522 g/mol.